The second-order valence-corrected chi connectivity index (χ2v) is 6.38. The Bertz CT molecular complexity index is 552. The molecule has 0 bridgehead atoms. The standard InChI is InChI=1S/C16H24ClN3O4/c1-9(10-3-4-10)19-14(16(22)23-2)13(17)15(18)20-12(7-21)11-5-6-24-8-11/h10-12,20-21H,1,3-8,18H2,2H3/b15-13-,19-14+. The number of carbonyl (C=O) groups is 1. The number of methoxy groups -OCH3 is 1. The maximum atomic E-state index is 12.0. The van der Waals surface area contributed by atoms with E-state index in [0.29, 0.717) is 18.9 Å². The Labute approximate surface area is 146 Å². The van der Waals surface area contributed by atoms with Crippen molar-refractivity contribution in [1.29, 1.82) is 0 Å². The number of aliphatic imine (C=N–C) groups is 1. The van der Waals surface area contributed by atoms with Crippen LogP contribution in [0, 0.1) is 11.8 Å². The van der Waals surface area contributed by atoms with Crippen molar-refractivity contribution in [3.05, 3.63) is 23.1 Å². The van der Waals surface area contributed by atoms with Crippen molar-refractivity contribution in [3.8, 4) is 0 Å². The van der Waals surface area contributed by atoms with Crippen molar-refractivity contribution in [2.75, 3.05) is 26.9 Å². The van der Waals surface area contributed by atoms with Gasteiger partial charge in [0.1, 0.15) is 10.9 Å². The van der Waals surface area contributed by atoms with E-state index in [9.17, 15) is 9.90 Å². The van der Waals surface area contributed by atoms with E-state index >= 15 is 0 Å². The van der Waals surface area contributed by atoms with Crippen LogP contribution in [0.25, 0.3) is 0 Å². The Morgan fingerprint density at radius 1 is 1.54 bits per heavy atom. The monoisotopic (exact) mass is 357 g/mol. The highest BCUT2D eigenvalue weighted by Crippen LogP contribution is 2.36. The third-order valence-corrected chi connectivity index (χ3v) is 4.58. The smallest absolute Gasteiger partial charge is 0.358 e. The molecule has 4 N–H and O–H groups in total. The fraction of sp³-hybridized carbons (Fsp3) is 0.625. The maximum absolute atomic E-state index is 12.0. The molecule has 0 aromatic carbocycles. The lowest BCUT2D eigenvalue weighted by atomic mass is 10.00. The number of halogens is 1. The van der Waals surface area contributed by atoms with Crippen LogP contribution >= 0.6 is 11.6 Å². The first-order valence-corrected chi connectivity index (χ1v) is 8.32. The topological polar surface area (TPSA) is 106 Å². The van der Waals surface area contributed by atoms with Crippen molar-refractivity contribution in [2.45, 2.75) is 25.3 Å². The van der Waals surface area contributed by atoms with Gasteiger partial charge in [-0.15, -0.1) is 0 Å². The van der Waals surface area contributed by atoms with Crippen LogP contribution in [0.2, 0.25) is 0 Å². The van der Waals surface area contributed by atoms with Crippen LogP contribution in [0.5, 0.6) is 0 Å². The van der Waals surface area contributed by atoms with Crippen molar-refractivity contribution in [1.82, 2.24) is 5.32 Å². The minimum absolute atomic E-state index is 0.0407. The first kappa shape index (κ1) is 18.8. The molecule has 0 radical (unpaired) electrons. The predicted molar refractivity (Wildman–Crippen MR) is 91.3 cm³/mol. The molecule has 2 aliphatic rings. The Hall–Kier alpha value is -1.57. The SMILES string of the molecule is C=C(/N=C(C(=O)OC)\C(Cl)=C(/N)NC(CO)C1CCOC1)C1CC1. The van der Waals surface area contributed by atoms with Crippen LogP contribution < -0.4 is 11.1 Å². The molecule has 2 unspecified atom stereocenters. The molecule has 1 saturated heterocycles. The molecule has 7 nitrogen and oxygen atoms in total. The van der Waals surface area contributed by atoms with E-state index in [4.69, 9.17) is 26.8 Å². The molecule has 2 rings (SSSR count). The van der Waals surface area contributed by atoms with Gasteiger partial charge in [0.15, 0.2) is 5.71 Å². The zero-order valence-electron chi connectivity index (χ0n) is 13.8. The van der Waals surface area contributed by atoms with E-state index in [2.05, 4.69) is 16.9 Å². The second-order valence-electron chi connectivity index (χ2n) is 6.00. The average molecular weight is 358 g/mol. The Morgan fingerprint density at radius 2 is 2.25 bits per heavy atom. The lowest BCUT2D eigenvalue weighted by molar-refractivity contribution is -0.132. The van der Waals surface area contributed by atoms with Gasteiger partial charge in [0.25, 0.3) is 0 Å². The van der Waals surface area contributed by atoms with Crippen molar-refractivity contribution < 1.29 is 19.4 Å². The first-order valence-electron chi connectivity index (χ1n) is 7.94. The van der Waals surface area contributed by atoms with Crippen LogP contribution in [0.15, 0.2) is 28.1 Å². The minimum Gasteiger partial charge on any atom is -0.464 e. The number of hydrogen-bond acceptors (Lipinski definition) is 7. The summed E-state index contributed by atoms with van der Waals surface area (Å²) < 4.78 is 10.1. The fourth-order valence-corrected chi connectivity index (χ4v) is 2.68. The summed E-state index contributed by atoms with van der Waals surface area (Å²) in [6, 6.07) is -0.313. The van der Waals surface area contributed by atoms with Gasteiger partial charge in [-0.25, -0.2) is 9.79 Å². The highest BCUT2D eigenvalue weighted by Gasteiger charge is 2.29. The van der Waals surface area contributed by atoms with Crippen LogP contribution in [0.3, 0.4) is 0 Å². The largest absolute Gasteiger partial charge is 0.464 e. The van der Waals surface area contributed by atoms with Gasteiger partial charge in [-0.2, -0.15) is 0 Å². The molecule has 1 aliphatic heterocycles. The van der Waals surface area contributed by atoms with Gasteiger partial charge in [-0.1, -0.05) is 18.2 Å². The summed E-state index contributed by atoms with van der Waals surface area (Å²) in [7, 11) is 1.25. The van der Waals surface area contributed by atoms with E-state index in [1.807, 2.05) is 0 Å². The van der Waals surface area contributed by atoms with Gasteiger partial charge in [-0.05, 0) is 19.3 Å². The molecule has 1 heterocycles. The Kier molecular flexibility index (Phi) is 6.65. The van der Waals surface area contributed by atoms with Crippen LogP contribution in [0.1, 0.15) is 19.3 Å². The van der Waals surface area contributed by atoms with Crippen LogP contribution in [-0.4, -0.2) is 49.8 Å². The van der Waals surface area contributed by atoms with Crippen LogP contribution in [0.4, 0.5) is 0 Å². The molecule has 134 valence electrons. The van der Waals surface area contributed by atoms with Gasteiger partial charge in [0, 0.05) is 24.1 Å². The minimum atomic E-state index is -0.684. The fourth-order valence-electron chi connectivity index (χ4n) is 2.51. The number of rotatable bonds is 8. The van der Waals surface area contributed by atoms with Crippen molar-refractivity contribution >= 4 is 23.3 Å². The van der Waals surface area contributed by atoms with Gasteiger partial charge in [0.05, 0.1) is 26.4 Å². The third kappa shape index (κ3) is 4.72. The molecule has 2 fully saturated rings. The third-order valence-electron chi connectivity index (χ3n) is 4.20. The van der Waals surface area contributed by atoms with Crippen LogP contribution in [-0.2, 0) is 14.3 Å². The number of aliphatic hydroxyl groups is 1. The van der Waals surface area contributed by atoms with Gasteiger partial charge in [0.2, 0.25) is 0 Å². The molecule has 2 atom stereocenters. The summed E-state index contributed by atoms with van der Waals surface area (Å²) in [5.41, 5.74) is 6.49. The van der Waals surface area contributed by atoms with E-state index in [1.54, 1.807) is 0 Å². The zero-order chi connectivity index (χ0) is 17.7. The van der Waals surface area contributed by atoms with Gasteiger partial charge in [-0.3, -0.25) is 0 Å². The number of ether oxygens (including phenoxy) is 2. The summed E-state index contributed by atoms with van der Waals surface area (Å²) in [5, 5.41) is 12.5. The second kappa shape index (κ2) is 8.50. The summed E-state index contributed by atoms with van der Waals surface area (Å²) >= 11 is 6.25. The number of esters is 1. The summed E-state index contributed by atoms with van der Waals surface area (Å²) in [4.78, 5) is 16.2. The lowest BCUT2D eigenvalue weighted by Gasteiger charge is -2.23. The van der Waals surface area contributed by atoms with E-state index < -0.39 is 5.97 Å². The number of allylic oxidation sites excluding steroid dienone is 1. The van der Waals surface area contributed by atoms with Crippen molar-refractivity contribution in [3.63, 3.8) is 0 Å². The molecule has 0 amide bonds. The molecule has 0 aromatic heterocycles. The molecule has 1 aliphatic carbocycles. The molecular formula is C16H24ClN3O4. The normalized spacial score (nSPS) is 23.5. The number of nitrogens with two attached hydrogens (primary N) is 1. The zero-order valence-corrected chi connectivity index (χ0v) is 14.5. The number of nitrogens with zero attached hydrogens (tertiary/aromatic N) is 1. The van der Waals surface area contributed by atoms with Crippen molar-refractivity contribution in [2.24, 2.45) is 22.6 Å². The number of hydrogen-bond donors (Lipinski definition) is 3. The summed E-state index contributed by atoms with van der Waals surface area (Å²) in [5.74, 6) is -0.214. The highest BCUT2D eigenvalue weighted by atomic mass is 35.5. The van der Waals surface area contributed by atoms with Gasteiger partial charge >= 0.3 is 5.97 Å². The van der Waals surface area contributed by atoms with E-state index in [-0.39, 0.29) is 41.0 Å². The predicted octanol–water partition coefficient (Wildman–Crippen LogP) is 0.878. The number of carbonyl (C=O) groups excluding carboxylic acids is 1. The summed E-state index contributed by atoms with van der Waals surface area (Å²) in [6.07, 6.45) is 2.82. The molecule has 1 saturated carbocycles. The van der Waals surface area contributed by atoms with E-state index in [1.165, 1.54) is 7.11 Å². The van der Waals surface area contributed by atoms with Gasteiger partial charge < -0.3 is 25.6 Å². The maximum Gasteiger partial charge on any atom is 0.358 e. The molecule has 0 spiro atoms. The number of aliphatic hydroxyl groups excluding tert-OH is 1. The lowest BCUT2D eigenvalue weighted by Crippen LogP contribution is -2.42. The molecule has 8 heteroatoms. The summed E-state index contributed by atoms with van der Waals surface area (Å²) in [6.45, 7) is 4.92. The highest BCUT2D eigenvalue weighted by molar-refractivity contribution is 6.58. The molecular weight excluding hydrogens is 334 g/mol. The number of nitrogens with one attached hydrogen (secondary N) is 1. The molecule has 0 aromatic rings. The van der Waals surface area contributed by atoms with E-state index in [0.717, 1.165) is 19.3 Å². The Balaban J connectivity index is 2.17. The average Bonchev–Trinajstić information content (AvgIpc) is 3.31. The quantitative estimate of drug-likeness (QED) is 0.440. The first-order chi connectivity index (χ1) is 11.5. The molecule has 24 heavy (non-hydrogen) atoms. The Morgan fingerprint density at radius 3 is 2.75 bits per heavy atom.